The molecule has 0 saturated carbocycles. The molecule has 9 heteroatoms. The number of rotatable bonds is 7. The molecule has 0 amide bonds. The van der Waals surface area contributed by atoms with Crippen molar-refractivity contribution in [1.29, 1.82) is 0 Å². The van der Waals surface area contributed by atoms with Gasteiger partial charge < -0.3 is 28.3 Å². The zero-order valence-corrected chi connectivity index (χ0v) is 24.6. The van der Waals surface area contributed by atoms with Crippen LogP contribution in [-0.4, -0.2) is 37.6 Å². The van der Waals surface area contributed by atoms with E-state index in [1.807, 2.05) is 32.0 Å². The number of methoxy groups -OCH3 is 3. The zero-order valence-electron chi connectivity index (χ0n) is 24.6. The number of esters is 1. The van der Waals surface area contributed by atoms with Crippen molar-refractivity contribution < 1.29 is 33.3 Å². The third kappa shape index (κ3) is 4.80. The van der Waals surface area contributed by atoms with E-state index in [9.17, 15) is 14.4 Å². The number of ether oxygens (including phenoxy) is 5. The summed E-state index contributed by atoms with van der Waals surface area (Å²) in [5, 5.41) is 0.797. The van der Waals surface area contributed by atoms with Crippen LogP contribution in [0.15, 0.2) is 65.2 Å². The molecule has 2 aliphatic rings. The van der Waals surface area contributed by atoms with Gasteiger partial charge in [-0.2, -0.15) is 0 Å². The third-order valence-electron chi connectivity index (χ3n) is 7.75. The Hall–Kier alpha value is -5.05. The first-order valence-electron chi connectivity index (χ1n) is 14.0. The van der Waals surface area contributed by atoms with Gasteiger partial charge in [-0.15, -0.1) is 0 Å². The molecule has 0 saturated heterocycles. The van der Waals surface area contributed by atoms with Crippen LogP contribution in [0, 0.1) is 5.92 Å². The molecule has 0 spiro atoms. The molecule has 0 bridgehead atoms. The average Bonchev–Trinajstić information content (AvgIpc) is 3.31. The second kappa shape index (κ2) is 11.0. The molecule has 4 aromatic rings. The second-order valence-electron chi connectivity index (χ2n) is 10.9. The minimum absolute atomic E-state index is 0.0751. The maximum absolute atomic E-state index is 14.1. The quantitative estimate of drug-likeness (QED) is 0.155. The lowest BCUT2D eigenvalue weighted by atomic mass is 9.84. The Labute approximate surface area is 248 Å². The molecule has 3 aromatic carbocycles. The fraction of sp³-hybridized carbons (Fsp3) is 0.265. The smallest absolute Gasteiger partial charge is 0.312 e. The molecule has 2 aliphatic heterocycles. The SMILES string of the molecule is COc1ccc2c(c1)cc([C@@H]1CC(=O)Oc3ccc4c(c31)O/C(=C\c1cccc(OC)c1OC)C4=O)c(=O)n2CC(C)C. The predicted molar refractivity (Wildman–Crippen MR) is 161 cm³/mol. The molecule has 6 rings (SSSR count). The highest BCUT2D eigenvalue weighted by molar-refractivity contribution is 6.15. The van der Waals surface area contributed by atoms with Crippen LogP contribution in [0.2, 0.25) is 0 Å². The van der Waals surface area contributed by atoms with Crippen molar-refractivity contribution in [2.24, 2.45) is 5.92 Å². The number of nitrogens with zero attached hydrogens (tertiary/aromatic N) is 1. The number of carbonyl (C=O) groups excluding carboxylic acids is 2. The highest BCUT2D eigenvalue weighted by Gasteiger charge is 2.40. The summed E-state index contributed by atoms with van der Waals surface area (Å²) < 4.78 is 30.0. The summed E-state index contributed by atoms with van der Waals surface area (Å²) >= 11 is 0. The van der Waals surface area contributed by atoms with E-state index in [0.717, 1.165) is 10.9 Å². The van der Waals surface area contributed by atoms with Crippen molar-refractivity contribution in [2.45, 2.75) is 32.7 Å². The normalized spacial score (nSPS) is 16.6. The second-order valence-corrected chi connectivity index (χ2v) is 10.9. The van der Waals surface area contributed by atoms with Gasteiger partial charge in [0.25, 0.3) is 5.56 Å². The molecule has 1 atom stereocenters. The Morgan fingerprint density at radius 3 is 2.49 bits per heavy atom. The number of hydrogen-bond acceptors (Lipinski definition) is 8. The lowest BCUT2D eigenvalue weighted by Crippen LogP contribution is -2.31. The largest absolute Gasteiger partial charge is 0.497 e. The van der Waals surface area contributed by atoms with Crippen molar-refractivity contribution >= 4 is 28.7 Å². The van der Waals surface area contributed by atoms with Gasteiger partial charge in [-0.3, -0.25) is 14.4 Å². The first-order valence-corrected chi connectivity index (χ1v) is 14.0. The van der Waals surface area contributed by atoms with Crippen LogP contribution >= 0.6 is 0 Å². The van der Waals surface area contributed by atoms with Crippen molar-refractivity contribution in [3.05, 3.63) is 93.0 Å². The van der Waals surface area contributed by atoms with Crippen LogP contribution in [-0.2, 0) is 11.3 Å². The molecule has 0 N–H and O–H groups in total. The summed E-state index contributed by atoms with van der Waals surface area (Å²) in [5.41, 5.74) is 2.37. The molecule has 0 aliphatic carbocycles. The monoisotopic (exact) mass is 581 g/mol. The predicted octanol–water partition coefficient (Wildman–Crippen LogP) is 5.74. The summed E-state index contributed by atoms with van der Waals surface area (Å²) in [6.07, 6.45) is 1.51. The number of ketones is 1. The molecule has 3 heterocycles. The molecule has 0 radical (unpaired) electrons. The van der Waals surface area contributed by atoms with Gasteiger partial charge in [-0.25, -0.2) is 0 Å². The molecular formula is C34H31NO8. The Morgan fingerprint density at radius 2 is 1.77 bits per heavy atom. The molecule has 9 nitrogen and oxygen atoms in total. The Morgan fingerprint density at radius 1 is 0.953 bits per heavy atom. The summed E-state index contributed by atoms with van der Waals surface area (Å²) in [5.74, 6) is 0.894. The van der Waals surface area contributed by atoms with Crippen LogP contribution in [0.25, 0.3) is 17.0 Å². The van der Waals surface area contributed by atoms with E-state index in [1.54, 1.807) is 54.2 Å². The molecule has 0 unspecified atom stereocenters. The molecule has 220 valence electrons. The molecular weight excluding hydrogens is 550 g/mol. The first kappa shape index (κ1) is 28.1. The Balaban J connectivity index is 1.53. The fourth-order valence-corrected chi connectivity index (χ4v) is 5.85. The Kier molecular flexibility index (Phi) is 7.17. The molecule has 0 fully saturated rings. The molecule has 1 aromatic heterocycles. The van der Waals surface area contributed by atoms with E-state index in [2.05, 4.69) is 0 Å². The van der Waals surface area contributed by atoms with E-state index >= 15 is 0 Å². The maximum atomic E-state index is 14.1. The van der Waals surface area contributed by atoms with Gasteiger partial charge in [0.15, 0.2) is 17.3 Å². The van der Waals surface area contributed by atoms with Crippen LogP contribution in [0.1, 0.15) is 53.2 Å². The van der Waals surface area contributed by atoms with Gasteiger partial charge in [-0.05, 0) is 54.5 Å². The number of benzene rings is 3. The number of hydrogen-bond donors (Lipinski definition) is 0. The maximum Gasteiger partial charge on any atom is 0.312 e. The summed E-state index contributed by atoms with van der Waals surface area (Å²) in [4.78, 5) is 40.6. The first-order chi connectivity index (χ1) is 20.7. The van der Waals surface area contributed by atoms with Gasteiger partial charge >= 0.3 is 5.97 Å². The number of fused-ring (bicyclic) bond motifs is 4. The fourth-order valence-electron chi connectivity index (χ4n) is 5.85. The standard InChI is InChI=1S/C34H31NO8/c1-18(2)17-35-25-11-9-21(39-3)13-20(25)14-24(34(35)38)23-16-29(36)42-26-12-10-22-31(37)28(43-33(22)30(23)26)15-19-7-6-8-27(40-4)32(19)41-5/h6-15,18,23H,16-17H2,1-5H3/b28-15-/t23-/m0/s1. The van der Waals surface area contributed by atoms with E-state index in [-0.39, 0.29) is 40.9 Å². The van der Waals surface area contributed by atoms with E-state index in [1.165, 1.54) is 14.2 Å². The highest BCUT2D eigenvalue weighted by atomic mass is 16.5. The number of allylic oxidation sites excluding steroid dienone is 1. The van der Waals surface area contributed by atoms with Crippen LogP contribution in [0.5, 0.6) is 28.7 Å². The summed E-state index contributed by atoms with van der Waals surface area (Å²) in [7, 11) is 4.64. The third-order valence-corrected chi connectivity index (χ3v) is 7.75. The van der Waals surface area contributed by atoms with Gasteiger partial charge in [0, 0.05) is 34.5 Å². The number of pyridine rings is 1. The minimum atomic E-state index is -0.703. The van der Waals surface area contributed by atoms with E-state index in [4.69, 9.17) is 23.7 Å². The number of aromatic nitrogens is 1. The summed E-state index contributed by atoms with van der Waals surface area (Å²) in [6.45, 7) is 4.56. The number of Topliss-reactive ketones (excluding diaryl/α,β-unsaturated/α-hetero) is 1. The minimum Gasteiger partial charge on any atom is -0.497 e. The van der Waals surface area contributed by atoms with Crippen molar-refractivity contribution in [3.63, 3.8) is 0 Å². The van der Waals surface area contributed by atoms with E-state index < -0.39 is 11.9 Å². The van der Waals surface area contributed by atoms with Crippen molar-refractivity contribution in [2.75, 3.05) is 21.3 Å². The number of para-hydroxylation sites is 1. The van der Waals surface area contributed by atoms with E-state index in [0.29, 0.717) is 46.0 Å². The van der Waals surface area contributed by atoms with Gasteiger partial charge in [0.2, 0.25) is 5.78 Å². The van der Waals surface area contributed by atoms with Gasteiger partial charge in [-0.1, -0.05) is 26.0 Å². The van der Waals surface area contributed by atoms with Crippen molar-refractivity contribution in [1.82, 2.24) is 4.57 Å². The Bertz CT molecular complexity index is 1880. The lowest BCUT2D eigenvalue weighted by molar-refractivity contribution is -0.135. The average molecular weight is 582 g/mol. The van der Waals surface area contributed by atoms with Crippen LogP contribution in [0.4, 0.5) is 0 Å². The summed E-state index contributed by atoms with van der Waals surface area (Å²) in [6, 6.07) is 15.9. The lowest BCUT2D eigenvalue weighted by Gasteiger charge is -2.27. The van der Waals surface area contributed by atoms with Crippen molar-refractivity contribution in [3.8, 4) is 28.7 Å². The van der Waals surface area contributed by atoms with Crippen LogP contribution < -0.4 is 29.2 Å². The van der Waals surface area contributed by atoms with Crippen LogP contribution in [0.3, 0.4) is 0 Å². The molecule has 43 heavy (non-hydrogen) atoms. The zero-order chi connectivity index (χ0) is 30.4. The van der Waals surface area contributed by atoms with Gasteiger partial charge in [0.1, 0.15) is 17.2 Å². The highest BCUT2D eigenvalue weighted by Crippen LogP contribution is 2.49. The number of carbonyl (C=O) groups is 2. The topological polar surface area (TPSA) is 102 Å². The van der Waals surface area contributed by atoms with Gasteiger partial charge in [0.05, 0.1) is 38.8 Å².